The molecule has 1 amide bonds. The Kier molecular flexibility index (Phi) is 7.50. The maximum Gasteiger partial charge on any atom is 0.238 e. The number of rotatable bonds is 8. The molecule has 0 spiro atoms. The van der Waals surface area contributed by atoms with E-state index in [1.54, 1.807) is 0 Å². The van der Waals surface area contributed by atoms with Gasteiger partial charge in [-0.3, -0.25) is 4.79 Å². The average Bonchev–Trinajstić information content (AvgIpc) is 2.74. The Morgan fingerprint density at radius 2 is 1.64 bits per heavy atom. The van der Waals surface area contributed by atoms with E-state index in [1.165, 1.54) is 16.1 Å². The summed E-state index contributed by atoms with van der Waals surface area (Å²) in [6.07, 6.45) is 0. The molecular weight excluding hydrogens is 396 g/mol. The van der Waals surface area contributed by atoms with Gasteiger partial charge >= 0.3 is 0 Å². The second kappa shape index (κ2) is 10.1. The molecule has 0 aromatic heterocycles. The predicted octanol–water partition coefficient (Wildman–Crippen LogP) is 2.30. The molecule has 1 saturated heterocycles. The average molecular weight is 421 g/mol. The fourth-order valence-corrected chi connectivity index (χ4v) is 5.28. The summed E-state index contributed by atoms with van der Waals surface area (Å²) in [7, 11) is -3.40. The molecule has 1 atom stereocenters. The third-order valence-electron chi connectivity index (χ3n) is 4.36. The minimum absolute atomic E-state index is 0.0806. The highest BCUT2D eigenvalue weighted by Crippen LogP contribution is 2.35. The van der Waals surface area contributed by atoms with Gasteiger partial charge < -0.3 is 10.1 Å². The smallest absolute Gasteiger partial charge is 0.238 e. The molecule has 3 rings (SSSR count). The van der Waals surface area contributed by atoms with Gasteiger partial charge in [-0.05, 0) is 17.7 Å². The van der Waals surface area contributed by atoms with Crippen molar-refractivity contribution in [3.8, 4) is 0 Å². The highest BCUT2D eigenvalue weighted by Gasteiger charge is 2.26. The number of benzene rings is 2. The van der Waals surface area contributed by atoms with Crippen molar-refractivity contribution in [1.82, 2.24) is 9.62 Å². The molecule has 150 valence electrons. The molecule has 28 heavy (non-hydrogen) atoms. The maximum absolute atomic E-state index is 12.8. The van der Waals surface area contributed by atoms with Crippen LogP contribution >= 0.6 is 11.8 Å². The number of thioether (sulfide) groups is 1. The number of hydrogen-bond acceptors (Lipinski definition) is 5. The normalized spacial score (nSPS) is 16.4. The Balaban J connectivity index is 1.63. The molecule has 1 aliphatic heterocycles. The minimum atomic E-state index is -3.40. The quantitative estimate of drug-likeness (QED) is 0.663. The first-order valence-corrected chi connectivity index (χ1v) is 11.6. The predicted molar refractivity (Wildman–Crippen MR) is 111 cm³/mol. The summed E-state index contributed by atoms with van der Waals surface area (Å²) < 4.78 is 31.4. The van der Waals surface area contributed by atoms with Gasteiger partial charge in [-0.15, -0.1) is 11.8 Å². The topological polar surface area (TPSA) is 75.7 Å². The molecule has 0 saturated carbocycles. The Morgan fingerprint density at radius 1 is 1.04 bits per heavy atom. The monoisotopic (exact) mass is 420 g/mol. The first-order valence-electron chi connectivity index (χ1n) is 9.16. The van der Waals surface area contributed by atoms with Crippen molar-refractivity contribution in [2.24, 2.45) is 0 Å². The van der Waals surface area contributed by atoms with Crippen molar-refractivity contribution in [3.05, 3.63) is 66.2 Å². The second-order valence-electron chi connectivity index (χ2n) is 6.34. The van der Waals surface area contributed by atoms with Crippen LogP contribution in [-0.4, -0.2) is 57.2 Å². The molecule has 0 radical (unpaired) electrons. The summed E-state index contributed by atoms with van der Waals surface area (Å²) in [5.74, 6) is -0.312. The lowest BCUT2D eigenvalue weighted by molar-refractivity contribution is -0.120. The highest BCUT2D eigenvalue weighted by atomic mass is 32.2. The van der Waals surface area contributed by atoms with Crippen LogP contribution in [0.5, 0.6) is 0 Å². The Hall–Kier alpha value is -1.87. The number of nitrogens with one attached hydrogen (secondary N) is 1. The number of carbonyl (C=O) groups is 1. The second-order valence-corrected chi connectivity index (χ2v) is 9.61. The summed E-state index contributed by atoms with van der Waals surface area (Å²) in [6.45, 7) is 1.64. The van der Waals surface area contributed by atoms with Gasteiger partial charge in [-0.25, -0.2) is 8.42 Å². The van der Waals surface area contributed by atoms with Gasteiger partial charge in [0.25, 0.3) is 0 Å². The Bertz CT molecular complexity index is 854. The molecule has 8 heteroatoms. The van der Waals surface area contributed by atoms with Crippen LogP contribution in [0.25, 0.3) is 0 Å². The van der Waals surface area contributed by atoms with Crippen LogP contribution in [0.1, 0.15) is 10.8 Å². The molecule has 1 aliphatic rings. The Morgan fingerprint density at radius 3 is 2.29 bits per heavy atom. The van der Waals surface area contributed by atoms with Gasteiger partial charge in [0.2, 0.25) is 15.9 Å². The van der Waals surface area contributed by atoms with E-state index in [0.29, 0.717) is 26.3 Å². The summed E-state index contributed by atoms with van der Waals surface area (Å²) in [5, 5.41) is 2.35. The summed E-state index contributed by atoms with van der Waals surface area (Å²) in [6, 6.07) is 19.2. The molecule has 1 fully saturated rings. The SMILES string of the molecule is O=C(NCCS(=O)(=O)N1CCOCC1)C(Sc1ccccc1)c1ccccc1. The lowest BCUT2D eigenvalue weighted by Gasteiger charge is -2.26. The number of morpholine rings is 1. The third kappa shape index (κ3) is 5.81. The first kappa shape index (κ1) is 20.9. The largest absolute Gasteiger partial charge is 0.379 e. The van der Waals surface area contributed by atoms with Gasteiger partial charge in [-0.2, -0.15) is 4.31 Å². The van der Waals surface area contributed by atoms with Crippen LogP contribution in [0.2, 0.25) is 0 Å². The van der Waals surface area contributed by atoms with Gasteiger partial charge in [0, 0.05) is 24.5 Å². The summed E-state index contributed by atoms with van der Waals surface area (Å²) in [5.41, 5.74) is 0.880. The first-order chi connectivity index (χ1) is 13.6. The summed E-state index contributed by atoms with van der Waals surface area (Å²) >= 11 is 1.45. The van der Waals surface area contributed by atoms with Gasteiger partial charge in [-0.1, -0.05) is 48.5 Å². The van der Waals surface area contributed by atoms with E-state index in [-0.39, 0.29) is 18.2 Å². The molecule has 0 bridgehead atoms. The molecule has 2 aromatic rings. The van der Waals surface area contributed by atoms with Gasteiger partial charge in [0.05, 0.1) is 19.0 Å². The molecular formula is C20H24N2O4S2. The van der Waals surface area contributed by atoms with Crippen molar-refractivity contribution in [1.29, 1.82) is 0 Å². The third-order valence-corrected chi connectivity index (χ3v) is 7.50. The fourth-order valence-electron chi connectivity index (χ4n) is 2.89. The number of ether oxygens (including phenoxy) is 1. The zero-order chi connectivity index (χ0) is 19.8. The fraction of sp³-hybridized carbons (Fsp3) is 0.350. The van der Waals surface area contributed by atoms with Crippen molar-refractivity contribution in [2.45, 2.75) is 10.1 Å². The molecule has 6 nitrogen and oxygen atoms in total. The molecule has 1 unspecified atom stereocenters. The Labute approximate surface area is 170 Å². The van der Waals surface area contributed by atoms with Crippen LogP contribution in [0.15, 0.2) is 65.6 Å². The zero-order valence-corrected chi connectivity index (χ0v) is 17.1. The van der Waals surface area contributed by atoms with Crippen LogP contribution in [0.3, 0.4) is 0 Å². The van der Waals surface area contributed by atoms with Crippen LogP contribution in [0.4, 0.5) is 0 Å². The highest BCUT2D eigenvalue weighted by molar-refractivity contribution is 8.00. The number of hydrogen-bond donors (Lipinski definition) is 1. The van der Waals surface area contributed by atoms with Gasteiger partial charge in [0.15, 0.2) is 0 Å². The lowest BCUT2D eigenvalue weighted by atomic mass is 10.1. The number of amides is 1. The molecule has 1 heterocycles. The van der Waals surface area contributed by atoms with E-state index < -0.39 is 15.3 Å². The maximum atomic E-state index is 12.8. The van der Waals surface area contributed by atoms with E-state index in [1.807, 2.05) is 60.7 Å². The van der Waals surface area contributed by atoms with E-state index in [9.17, 15) is 13.2 Å². The van der Waals surface area contributed by atoms with Crippen molar-refractivity contribution >= 4 is 27.7 Å². The minimum Gasteiger partial charge on any atom is -0.379 e. The number of nitrogens with zero attached hydrogens (tertiary/aromatic N) is 1. The zero-order valence-electron chi connectivity index (χ0n) is 15.5. The van der Waals surface area contributed by atoms with Crippen LogP contribution < -0.4 is 5.32 Å². The lowest BCUT2D eigenvalue weighted by Crippen LogP contribution is -2.44. The summed E-state index contributed by atoms with van der Waals surface area (Å²) in [4.78, 5) is 13.8. The van der Waals surface area contributed by atoms with Crippen LogP contribution in [-0.2, 0) is 19.6 Å². The van der Waals surface area contributed by atoms with Crippen LogP contribution in [0, 0.1) is 0 Å². The van der Waals surface area contributed by atoms with Crippen molar-refractivity contribution < 1.29 is 17.9 Å². The van der Waals surface area contributed by atoms with Crippen molar-refractivity contribution in [3.63, 3.8) is 0 Å². The van der Waals surface area contributed by atoms with E-state index >= 15 is 0 Å². The number of carbonyl (C=O) groups excluding carboxylic acids is 1. The molecule has 2 aromatic carbocycles. The van der Waals surface area contributed by atoms with E-state index in [2.05, 4.69) is 5.32 Å². The van der Waals surface area contributed by atoms with Crippen molar-refractivity contribution in [2.75, 3.05) is 38.6 Å². The van der Waals surface area contributed by atoms with E-state index in [0.717, 1.165) is 10.5 Å². The number of sulfonamides is 1. The van der Waals surface area contributed by atoms with E-state index in [4.69, 9.17) is 4.74 Å². The molecule has 0 aliphatic carbocycles. The standard InChI is InChI=1S/C20H24N2O4S2/c23-20(21-11-16-28(24,25)22-12-14-26-15-13-22)19(17-7-3-1-4-8-17)27-18-9-5-2-6-10-18/h1-10,19H,11-16H2,(H,21,23). The molecule has 1 N–H and O–H groups in total. The van der Waals surface area contributed by atoms with Gasteiger partial charge in [0.1, 0.15) is 5.25 Å².